The van der Waals surface area contributed by atoms with Crippen LogP contribution in [0.2, 0.25) is 0 Å². The molecule has 4 rings (SSSR count). The van der Waals surface area contributed by atoms with Crippen LogP contribution in [-0.4, -0.2) is 6.54 Å². The average Bonchev–Trinajstić information content (AvgIpc) is 3.03. The van der Waals surface area contributed by atoms with E-state index in [0.717, 1.165) is 6.54 Å². The molecule has 0 aliphatic carbocycles. The first-order valence-electron chi connectivity index (χ1n) is 11.6. The van der Waals surface area contributed by atoms with Crippen molar-refractivity contribution >= 4 is 11.4 Å². The van der Waals surface area contributed by atoms with E-state index < -0.39 is 0 Å². The molecule has 3 aromatic rings. The SMILES string of the molecule is Cc1cc(C)c(C2CN(c3c(C)cc(C)cc3C)NN2c2c(C)cc(C)cc2C)c(C)c1. The molecule has 1 fully saturated rings. The second kappa shape index (κ2) is 8.29. The fourth-order valence-electron chi connectivity index (χ4n) is 5.93. The maximum absolute atomic E-state index is 3.81. The molecule has 0 radical (unpaired) electrons. The minimum atomic E-state index is 0.218. The van der Waals surface area contributed by atoms with Gasteiger partial charge in [-0.15, -0.1) is 5.53 Å². The van der Waals surface area contributed by atoms with E-state index in [4.69, 9.17) is 0 Å². The highest BCUT2D eigenvalue weighted by Crippen LogP contribution is 2.40. The number of hydrazine groups is 2. The third-order valence-electron chi connectivity index (χ3n) is 6.75. The van der Waals surface area contributed by atoms with Crippen LogP contribution in [0.1, 0.15) is 61.7 Å². The van der Waals surface area contributed by atoms with Crippen molar-refractivity contribution in [2.24, 2.45) is 0 Å². The summed E-state index contributed by atoms with van der Waals surface area (Å²) in [7, 11) is 0. The summed E-state index contributed by atoms with van der Waals surface area (Å²) in [5, 5.41) is 4.76. The van der Waals surface area contributed by atoms with Gasteiger partial charge in [0.05, 0.1) is 24.0 Å². The monoisotopic (exact) mass is 427 g/mol. The molecule has 0 amide bonds. The molecule has 1 unspecified atom stereocenters. The number of nitrogens with one attached hydrogen (secondary N) is 1. The minimum absolute atomic E-state index is 0.218. The maximum atomic E-state index is 3.81. The van der Waals surface area contributed by atoms with Crippen molar-refractivity contribution in [3.8, 4) is 0 Å². The summed E-state index contributed by atoms with van der Waals surface area (Å²) in [6.07, 6.45) is 0. The molecule has 1 N–H and O–H groups in total. The summed E-state index contributed by atoms with van der Waals surface area (Å²) in [6, 6.07) is 14.0. The van der Waals surface area contributed by atoms with Gasteiger partial charge < -0.3 is 0 Å². The number of rotatable bonds is 3. The van der Waals surface area contributed by atoms with Gasteiger partial charge in [-0.3, -0.25) is 10.0 Å². The van der Waals surface area contributed by atoms with Crippen LogP contribution in [0.4, 0.5) is 11.4 Å². The molecule has 168 valence electrons. The van der Waals surface area contributed by atoms with Crippen molar-refractivity contribution in [2.45, 2.75) is 68.4 Å². The Hall–Kier alpha value is -2.78. The highest BCUT2D eigenvalue weighted by molar-refractivity contribution is 5.67. The van der Waals surface area contributed by atoms with E-state index in [1.165, 1.54) is 67.0 Å². The first-order valence-corrected chi connectivity index (χ1v) is 11.6. The van der Waals surface area contributed by atoms with Gasteiger partial charge in [0.2, 0.25) is 0 Å². The third kappa shape index (κ3) is 3.91. The standard InChI is InChI=1S/C29H37N3/c1-17-10-20(4)27(21(5)11-17)26-16-31(28-22(6)12-18(2)13-23(28)7)30-32(26)29-24(8)14-19(3)15-25(29)9/h10-15,26,30H,16H2,1-9H3. The van der Waals surface area contributed by atoms with Crippen LogP contribution in [0.5, 0.6) is 0 Å². The lowest BCUT2D eigenvalue weighted by Gasteiger charge is -2.31. The smallest absolute Gasteiger partial charge is 0.0918 e. The molecule has 1 heterocycles. The predicted molar refractivity (Wildman–Crippen MR) is 138 cm³/mol. The van der Waals surface area contributed by atoms with Gasteiger partial charge in [-0.05, 0) is 101 Å². The zero-order valence-electron chi connectivity index (χ0n) is 21.1. The van der Waals surface area contributed by atoms with Gasteiger partial charge in [0.25, 0.3) is 0 Å². The van der Waals surface area contributed by atoms with Crippen LogP contribution >= 0.6 is 0 Å². The average molecular weight is 428 g/mol. The number of hydrogen-bond donors (Lipinski definition) is 1. The molecule has 3 nitrogen and oxygen atoms in total. The fourth-order valence-corrected chi connectivity index (χ4v) is 5.93. The van der Waals surface area contributed by atoms with E-state index in [-0.39, 0.29) is 6.04 Å². The summed E-state index contributed by atoms with van der Waals surface area (Å²) in [4.78, 5) is 0. The summed E-state index contributed by atoms with van der Waals surface area (Å²) in [5.74, 6) is 0. The second-order valence-corrected chi connectivity index (χ2v) is 9.90. The lowest BCUT2D eigenvalue weighted by molar-refractivity contribution is 0.675. The van der Waals surface area contributed by atoms with Gasteiger partial charge in [-0.25, -0.2) is 0 Å². The molecular formula is C29H37N3. The van der Waals surface area contributed by atoms with E-state index in [0.29, 0.717) is 0 Å². The van der Waals surface area contributed by atoms with Crippen LogP contribution in [0.3, 0.4) is 0 Å². The topological polar surface area (TPSA) is 18.5 Å². The zero-order chi connectivity index (χ0) is 23.3. The molecule has 0 saturated carbocycles. The summed E-state index contributed by atoms with van der Waals surface area (Å²) in [5.41, 5.74) is 19.7. The van der Waals surface area contributed by atoms with E-state index in [1.54, 1.807) is 0 Å². The highest BCUT2D eigenvalue weighted by atomic mass is 15.8. The Kier molecular flexibility index (Phi) is 5.81. The van der Waals surface area contributed by atoms with Gasteiger partial charge in [0.15, 0.2) is 0 Å². The van der Waals surface area contributed by atoms with Crippen molar-refractivity contribution in [3.63, 3.8) is 0 Å². The Labute approximate surface area is 194 Å². The Morgan fingerprint density at radius 3 is 1.38 bits per heavy atom. The van der Waals surface area contributed by atoms with Crippen molar-refractivity contribution < 1.29 is 0 Å². The quantitative estimate of drug-likeness (QED) is 0.488. The molecule has 3 aromatic carbocycles. The Morgan fingerprint density at radius 2 is 0.938 bits per heavy atom. The third-order valence-corrected chi connectivity index (χ3v) is 6.75. The molecule has 1 aliphatic rings. The number of anilines is 2. The Bertz CT molecular complexity index is 1060. The van der Waals surface area contributed by atoms with Crippen molar-refractivity contribution in [1.82, 2.24) is 5.53 Å². The molecule has 1 atom stereocenters. The molecule has 0 bridgehead atoms. The van der Waals surface area contributed by atoms with Gasteiger partial charge in [-0.2, -0.15) is 0 Å². The number of aryl methyl sites for hydroxylation is 9. The Balaban J connectivity index is 1.89. The summed E-state index contributed by atoms with van der Waals surface area (Å²) >= 11 is 0. The lowest BCUT2D eigenvalue weighted by atomic mass is 9.92. The molecule has 0 spiro atoms. The van der Waals surface area contributed by atoms with Crippen molar-refractivity contribution in [2.75, 3.05) is 16.6 Å². The summed E-state index contributed by atoms with van der Waals surface area (Å²) in [6.45, 7) is 20.9. The summed E-state index contributed by atoms with van der Waals surface area (Å²) < 4.78 is 0. The van der Waals surface area contributed by atoms with E-state index in [2.05, 4.69) is 114 Å². The largest absolute Gasteiger partial charge is 0.288 e. The predicted octanol–water partition coefficient (Wildman–Crippen LogP) is 6.95. The molecular weight excluding hydrogens is 390 g/mol. The number of hydrogen-bond acceptors (Lipinski definition) is 3. The normalized spacial score (nSPS) is 16.2. The van der Waals surface area contributed by atoms with Crippen molar-refractivity contribution in [3.05, 3.63) is 92.0 Å². The van der Waals surface area contributed by atoms with Crippen LogP contribution in [0.15, 0.2) is 36.4 Å². The Morgan fingerprint density at radius 1 is 0.562 bits per heavy atom. The van der Waals surface area contributed by atoms with Gasteiger partial charge in [0.1, 0.15) is 0 Å². The molecule has 3 heteroatoms. The first kappa shape index (κ1) is 22.4. The van der Waals surface area contributed by atoms with E-state index in [9.17, 15) is 0 Å². The van der Waals surface area contributed by atoms with Gasteiger partial charge in [0, 0.05) is 0 Å². The molecule has 0 aromatic heterocycles. The zero-order valence-corrected chi connectivity index (χ0v) is 21.1. The molecule has 32 heavy (non-hydrogen) atoms. The number of benzene rings is 3. The van der Waals surface area contributed by atoms with E-state index >= 15 is 0 Å². The first-order chi connectivity index (χ1) is 15.1. The van der Waals surface area contributed by atoms with Crippen molar-refractivity contribution in [1.29, 1.82) is 0 Å². The minimum Gasteiger partial charge on any atom is -0.288 e. The fraction of sp³-hybridized carbons (Fsp3) is 0.379. The lowest BCUT2D eigenvalue weighted by Crippen LogP contribution is -2.41. The van der Waals surface area contributed by atoms with Crippen LogP contribution in [-0.2, 0) is 0 Å². The molecule has 1 saturated heterocycles. The van der Waals surface area contributed by atoms with Crippen LogP contribution in [0.25, 0.3) is 0 Å². The second-order valence-electron chi connectivity index (χ2n) is 9.90. The van der Waals surface area contributed by atoms with E-state index in [1.807, 2.05) is 0 Å². The molecule has 1 aliphatic heterocycles. The highest BCUT2D eigenvalue weighted by Gasteiger charge is 2.36. The van der Waals surface area contributed by atoms with Crippen LogP contribution in [0, 0.1) is 62.3 Å². The van der Waals surface area contributed by atoms with Gasteiger partial charge in [-0.1, -0.05) is 53.1 Å². The van der Waals surface area contributed by atoms with Gasteiger partial charge >= 0.3 is 0 Å². The number of nitrogens with zero attached hydrogens (tertiary/aromatic N) is 2. The van der Waals surface area contributed by atoms with Crippen LogP contribution < -0.4 is 15.6 Å². The maximum Gasteiger partial charge on any atom is 0.0918 e.